The highest BCUT2D eigenvalue weighted by Crippen LogP contribution is 2.39. The molecule has 1 aliphatic rings. The van der Waals surface area contributed by atoms with E-state index in [1.165, 1.54) is 55.3 Å². The topological polar surface area (TPSA) is 12.9 Å². The molecule has 0 amide bonds. The largest absolute Gasteiger partial charge is 0.256 e. The highest BCUT2D eigenvalue weighted by molar-refractivity contribution is 5.92. The summed E-state index contributed by atoms with van der Waals surface area (Å²) in [6, 6.07) is 36.1. The van der Waals surface area contributed by atoms with Crippen LogP contribution >= 0.6 is 0 Å². The second-order valence-corrected chi connectivity index (χ2v) is 13.8. The lowest BCUT2D eigenvalue weighted by Gasteiger charge is -2.22. The van der Waals surface area contributed by atoms with Crippen molar-refractivity contribution in [2.45, 2.75) is 64.7 Å². The van der Waals surface area contributed by atoms with Crippen molar-refractivity contribution in [3.63, 3.8) is 0 Å². The Kier molecular flexibility index (Phi) is 7.23. The van der Waals surface area contributed by atoms with Gasteiger partial charge in [0.2, 0.25) is 0 Å². The van der Waals surface area contributed by atoms with Crippen LogP contribution in [0.5, 0.6) is 0 Å². The molecule has 0 spiro atoms. The number of aromatic nitrogens is 1. The van der Waals surface area contributed by atoms with Crippen molar-refractivity contribution < 1.29 is 0 Å². The quantitative estimate of drug-likeness (QED) is 0.218. The fourth-order valence-electron chi connectivity index (χ4n) is 5.98. The zero-order chi connectivity index (χ0) is 29.5. The molecule has 0 aliphatic heterocycles. The minimum atomic E-state index is 0.131. The van der Waals surface area contributed by atoms with E-state index in [4.69, 9.17) is 4.98 Å². The molecule has 0 radical (unpaired) electrons. The fourth-order valence-corrected chi connectivity index (χ4v) is 5.98. The molecule has 1 aliphatic carbocycles. The van der Waals surface area contributed by atoms with Gasteiger partial charge in [-0.2, -0.15) is 0 Å². The fraction of sp³-hybridized carbons (Fsp3) is 0.244. The SMILES string of the molecule is CC(C)(C)c1ccc(-c2cc(-c3ccc(C(C)(C)C)cc3)cc(C3C=CC=C(c4nccc5ccccc45)C3)c2)cc1. The van der Waals surface area contributed by atoms with E-state index < -0.39 is 0 Å². The van der Waals surface area contributed by atoms with Gasteiger partial charge >= 0.3 is 0 Å². The molecule has 210 valence electrons. The number of rotatable bonds is 4. The van der Waals surface area contributed by atoms with Gasteiger partial charge in [0.25, 0.3) is 0 Å². The minimum Gasteiger partial charge on any atom is -0.256 e. The summed E-state index contributed by atoms with van der Waals surface area (Å²) in [4.78, 5) is 4.84. The number of nitrogens with zero attached hydrogens (tertiary/aromatic N) is 1. The molecular formula is C41H41N. The smallest absolute Gasteiger partial charge is 0.0740 e. The van der Waals surface area contributed by atoms with Gasteiger partial charge in [-0.15, -0.1) is 0 Å². The molecule has 4 aromatic carbocycles. The van der Waals surface area contributed by atoms with Crippen molar-refractivity contribution in [3.05, 3.63) is 144 Å². The molecule has 1 aromatic heterocycles. The third-order valence-electron chi connectivity index (χ3n) is 8.61. The Balaban J connectivity index is 1.41. The van der Waals surface area contributed by atoms with E-state index in [2.05, 4.69) is 157 Å². The second-order valence-electron chi connectivity index (χ2n) is 13.8. The van der Waals surface area contributed by atoms with Crippen LogP contribution in [-0.2, 0) is 10.8 Å². The molecule has 0 bridgehead atoms. The third-order valence-corrected chi connectivity index (χ3v) is 8.61. The maximum atomic E-state index is 4.84. The van der Waals surface area contributed by atoms with E-state index >= 15 is 0 Å². The van der Waals surface area contributed by atoms with Gasteiger partial charge in [0.1, 0.15) is 0 Å². The Morgan fingerprint density at radius 3 is 1.76 bits per heavy atom. The van der Waals surface area contributed by atoms with E-state index in [0.717, 1.165) is 12.1 Å². The number of hydrogen-bond donors (Lipinski definition) is 0. The van der Waals surface area contributed by atoms with Crippen LogP contribution in [0.1, 0.15) is 76.3 Å². The first kappa shape index (κ1) is 27.9. The molecule has 1 heterocycles. The summed E-state index contributed by atoms with van der Waals surface area (Å²) in [5, 5.41) is 2.45. The number of hydrogen-bond acceptors (Lipinski definition) is 1. The maximum absolute atomic E-state index is 4.84. The Morgan fingerprint density at radius 1 is 0.619 bits per heavy atom. The van der Waals surface area contributed by atoms with Gasteiger partial charge in [-0.05, 0) is 79.3 Å². The molecule has 1 heteroatoms. The van der Waals surface area contributed by atoms with E-state index in [-0.39, 0.29) is 16.7 Å². The lowest BCUT2D eigenvalue weighted by Crippen LogP contribution is -2.10. The van der Waals surface area contributed by atoms with Gasteiger partial charge in [-0.1, -0.05) is 145 Å². The molecule has 42 heavy (non-hydrogen) atoms. The standard InChI is InChI=1S/C41H41N/c1-40(2,3)36-18-14-28(15-19-36)33-25-34(29-16-20-37(21-17-29)41(4,5)6)27-35(26-33)31-11-9-12-32(24-31)39-38-13-8-7-10-30(38)22-23-42-39/h7-23,25-27,31H,24H2,1-6H3. The average Bonchev–Trinajstić information content (AvgIpc) is 3.00. The van der Waals surface area contributed by atoms with E-state index in [1.54, 1.807) is 0 Å². The van der Waals surface area contributed by atoms with Crippen LogP contribution in [0.4, 0.5) is 0 Å². The lowest BCUT2D eigenvalue weighted by molar-refractivity contribution is 0.590. The number of fused-ring (bicyclic) bond motifs is 1. The molecule has 6 rings (SSSR count). The Labute approximate surface area is 251 Å². The molecule has 0 saturated carbocycles. The number of pyridine rings is 1. The van der Waals surface area contributed by atoms with Crippen molar-refractivity contribution in [1.29, 1.82) is 0 Å². The zero-order valence-electron chi connectivity index (χ0n) is 25.8. The molecule has 1 unspecified atom stereocenters. The summed E-state index contributed by atoms with van der Waals surface area (Å²) in [6.07, 6.45) is 9.67. The normalized spacial score (nSPS) is 15.6. The first-order chi connectivity index (χ1) is 20.1. The van der Waals surface area contributed by atoms with Crippen molar-refractivity contribution in [2.24, 2.45) is 0 Å². The van der Waals surface area contributed by atoms with E-state index in [9.17, 15) is 0 Å². The van der Waals surface area contributed by atoms with Crippen molar-refractivity contribution >= 4 is 16.3 Å². The van der Waals surface area contributed by atoms with Crippen LogP contribution < -0.4 is 0 Å². The first-order valence-corrected chi connectivity index (χ1v) is 15.1. The number of benzene rings is 4. The predicted octanol–water partition coefficient (Wildman–Crippen LogP) is 11.3. The van der Waals surface area contributed by atoms with Crippen LogP contribution in [0.25, 0.3) is 38.6 Å². The molecule has 1 nitrogen and oxygen atoms in total. The van der Waals surface area contributed by atoms with Gasteiger partial charge < -0.3 is 0 Å². The van der Waals surface area contributed by atoms with Gasteiger partial charge in [-0.25, -0.2) is 0 Å². The number of allylic oxidation sites excluding steroid dienone is 4. The summed E-state index contributed by atoms with van der Waals surface area (Å²) in [5.74, 6) is 0.271. The Bertz CT molecular complexity index is 1710. The Hall–Kier alpha value is -4.23. The van der Waals surface area contributed by atoms with Gasteiger partial charge in [0.05, 0.1) is 5.69 Å². The molecule has 1 atom stereocenters. The van der Waals surface area contributed by atoms with E-state index in [1.807, 2.05) is 6.20 Å². The van der Waals surface area contributed by atoms with Crippen LogP contribution in [-0.4, -0.2) is 4.98 Å². The lowest BCUT2D eigenvalue weighted by atomic mass is 9.82. The minimum absolute atomic E-state index is 0.131. The van der Waals surface area contributed by atoms with Crippen LogP contribution in [0.2, 0.25) is 0 Å². The summed E-state index contributed by atoms with van der Waals surface area (Å²) in [7, 11) is 0. The summed E-state index contributed by atoms with van der Waals surface area (Å²) in [6.45, 7) is 13.6. The van der Waals surface area contributed by atoms with Crippen LogP contribution in [0.3, 0.4) is 0 Å². The summed E-state index contributed by atoms with van der Waals surface area (Å²) < 4.78 is 0. The third kappa shape index (κ3) is 5.74. The predicted molar refractivity (Wildman–Crippen MR) is 181 cm³/mol. The monoisotopic (exact) mass is 547 g/mol. The summed E-state index contributed by atoms with van der Waals surface area (Å²) in [5.41, 5.74) is 11.7. The molecule has 0 fully saturated rings. The van der Waals surface area contributed by atoms with Crippen LogP contribution in [0.15, 0.2) is 121 Å². The average molecular weight is 548 g/mol. The molecule has 0 N–H and O–H groups in total. The maximum Gasteiger partial charge on any atom is 0.0740 e. The first-order valence-electron chi connectivity index (χ1n) is 15.1. The van der Waals surface area contributed by atoms with Crippen molar-refractivity contribution in [3.8, 4) is 22.3 Å². The van der Waals surface area contributed by atoms with Crippen molar-refractivity contribution in [2.75, 3.05) is 0 Å². The van der Waals surface area contributed by atoms with Gasteiger partial charge in [-0.3, -0.25) is 4.98 Å². The molecule has 5 aromatic rings. The summed E-state index contributed by atoms with van der Waals surface area (Å²) >= 11 is 0. The Morgan fingerprint density at radius 2 is 1.19 bits per heavy atom. The zero-order valence-corrected chi connectivity index (χ0v) is 25.8. The van der Waals surface area contributed by atoms with Gasteiger partial charge in [0.15, 0.2) is 0 Å². The van der Waals surface area contributed by atoms with Crippen LogP contribution in [0, 0.1) is 0 Å². The molecule has 0 saturated heterocycles. The van der Waals surface area contributed by atoms with Gasteiger partial charge in [0, 0.05) is 17.5 Å². The highest BCUT2D eigenvalue weighted by Gasteiger charge is 2.20. The van der Waals surface area contributed by atoms with Crippen molar-refractivity contribution in [1.82, 2.24) is 4.98 Å². The molecular weight excluding hydrogens is 506 g/mol. The second kappa shape index (κ2) is 10.9. The highest BCUT2D eigenvalue weighted by atomic mass is 14.7. The van der Waals surface area contributed by atoms with E-state index in [0.29, 0.717) is 0 Å².